The Morgan fingerprint density at radius 1 is 1.19 bits per heavy atom. The minimum Gasteiger partial charge on any atom is -0.480 e. The van der Waals surface area contributed by atoms with E-state index < -0.39 is 42.2 Å². The van der Waals surface area contributed by atoms with Gasteiger partial charge in [0.15, 0.2) is 0 Å². The maximum atomic E-state index is 12.1. The van der Waals surface area contributed by atoms with Crippen molar-refractivity contribution >= 4 is 23.7 Å². The fraction of sp³-hybridized carbons (Fsp3) is 0.667. The number of carboxylic acid groups (broad SMARTS) is 1. The minimum absolute atomic E-state index is 0.233. The van der Waals surface area contributed by atoms with Crippen LogP contribution in [0.25, 0.3) is 0 Å². The second kappa shape index (κ2) is 8.90. The molecule has 0 aromatic rings. The molecule has 0 spiro atoms. The topological polar surface area (TPSA) is 165 Å². The molecule has 3 atom stereocenters. The van der Waals surface area contributed by atoms with Crippen LogP contribution in [-0.2, 0) is 19.2 Å². The molecule has 0 aliphatic rings. The Balaban J connectivity index is 4.96. The van der Waals surface area contributed by atoms with E-state index in [9.17, 15) is 19.2 Å². The standard InChI is InChI=1S/C12H22N4O5/c1-3-6(2)10(16-9(18)5-13)11(19)15-7(12(20)21)4-8(14)17/h6-7,10H,3-5,13H2,1-2H3,(H2,14,17)(H,15,19)(H,16,18)(H,20,21)/t6-,7-,10-/m0/s1. The van der Waals surface area contributed by atoms with E-state index in [2.05, 4.69) is 10.6 Å². The molecule has 120 valence electrons. The van der Waals surface area contributed by atoms with Gasteiger partial charge in [0.25, 0.3) is 0 Å². The predicted molar refractivity (Wildman–Crippen MR) is 73.8 cm³/mol. The van der Waals surface area contributed by atoms with E-state index in [0.717, 1.165) is 0 Å². The molecule has 0 heterocycles. The summed E-state index contributed by atoms with van der Waals surface area (Å²) < 4.78 is 0. The zero-order valence-electron chi connectivity index (χ0n) is 12.1. The Morgan fingerprint density at radius 2 is 1.76 bits per heavy atom. The third kappa shape index (κ3) is 6.70. The first-order valence-corrected chi connectivity index (χ1v) is 6.53. The summed E-state index contributed by atoms with van der Waals surface area (Å²) in [6, 6.07) is -2.36. The Bertz CT molecular complexity index is 412. The SMILES string of the molecule is CC[C@H](C)[C@H](NC(=O)CN)C(=O)N[C@@H](CC(N)=O)C(=O)O. The molecule has 0 radical (unpaired) electrons. The molecule has 9 heteroatoms. The Kier molecular flexibility index (Phi) is 7.99. The highest BCUT2D eigenvalue weighted by Gasteiger charge is 2.30. The van der Waals surface area contributed by atoms with Gasteiger partial charge in [-0.15, -0.1) is 0 Å². The Morgan fingerprint density at radius 3 is 2.14 bits per heavy atom. The molecule has 0 rings (SSSR count). The highest BCUT2D eigenvalue weighted by atomic mass is 16.4. The second-order valence-electron chi connectivity index (χ2n) is 4.70. The van der Waals surface area contributed by atoms with Gasteiger partial charge in [-0.25, -0.2) is 4.79 Å². The molecule has 0 bridgehead atoms. The third-order valence-corrected chi connectivity index (χ3v) is 3.02. The summed E-state index contributed by atoms with van der Waals surface area (Å²) in [5.41, 5.74) is 10.1. The molecule has 21 heavy (non-hydrogen) atoms. The van der Waals surface area contributed by atoms with Crippen molar-refractivity contribution in [1.82, 2.24) is 10.6 Å². The molecule has 0 aliphatic carbocycles. The van der Waals surface area contributed by atoms with Crippen molar-refractivity contribution in [2.45, 2.75) is 38.8 Å². The van der Waals surface area contributed by atoms with Gasteiger partial charge in [0, 0.05) is 0 Å². The average molecular weight is 302 g/mol. The van der Waals surface area contributed by atoms with Crippen LogP contribution >= 0.6 is 0 Å². The number of hydrogen-bond acceptors (Lipinski definition) is 5. The number of nitrogens with two attached hydrogens (primary N) is 2. The van der Waals surface area contributed by atoms with Crippen molar-refractivity contribution in [2.24, 2.45) is 17.4 Å². The monoisotopic (exact) mass is 302 g/mol. The molecule has 0 aliphatic heterocycles. The molecule has 0 fully saturated rings. The summed E-state index contributed by atoms with van der Waals surface area (Å²) in [7, 11) is 0. The zero-order chi connectivity index (χ0) is 16.6. The van der Waals surface area contributed by atoms with Crippen LogP contribution in [0.1, 0.15) is 26.7 Å². The van der Waals surface area contributed by atoms with Crippen molar-refractivity contribution in [3.05, 3.63) is 0 Å². The van der Waals surface area contributed by atoms with Crippen LogP contribution in [0.3, 0.4) is 0 Å². The normalized spacial score (nSPS) is 14.6. The summed E-state index contributed by atoms with van der Waals surface area (Å²) in [5.74, 6) is -3.69. The minimum atomic E-state index is -1.43. The lowest BCUT2D eigenvalue weighted by atomic mass is 9.97. The predicted octanol–water partition coefficient (Wildman–Crippen LogP) is -2.08. The van der Waals surface area contributed by atoms with Crippen LogP contribution in [0.15, 0.2) is 0 Å². The summed E-state index contributed by atoms with van der Waals surface area (Å²) >= 11 is 0. The maximum absolute atomic E-state index is 12.1. The fourth-order valence-corrected chi connectivity index (χ4v) is 1.60. The second-order valence-corrected chi connectivity index (χ2v) is 4.70. The molecule has 3 amide bonds. The van der Waals surface area contributed by atoms with Crippen molar-refractivity contribution < 1.29 is 24.3 Å². The highest BCUT2D eigenvalue weighted by molar-refractivity contribution is 5.92. The Hall–Kier alpha value is -2.16. The number of aliphatic carboxylic acids is 1. The van der Waals surface area contributed by atoms with Gasteiger partial charge in [-0.2, -0.15) is 0 Å². The van der Waals surface area contributed by atoms with Crippen molar-refractivity contribution in [3.8, 4) is 0 Å². The van der Waals surface area contributed by atoms with Crippen LogP contribution in [0.4, 0.5) is 0 Å². The molecular formula is C12H22N4O5. The lowest BCUT2D eigenvalue weighted by Gasteiger charge is -2.25. The fourth-order valence-electron chi connectivity index (χ4n) is 1.60. The van der Waals surface area contributed by atoms with E-state index in [1.165, 1.54) is 0 Å². The number of nitrogens with one attached hydrogen (secondary N) is 2. The average Bonchev–Trinajstić information content (AvgIpc) is 2.41. The molecular weight excluding hydrogens is 280 g/mol. The van der Waals surface area contributed by atoms with E-state index in [4.69, 9.17) is 16.6 Å². The number of carboxylic acids is 1. The number of carbonyl (C=O) groups excluding carboxylic acids is 3. The van der Waals surface area contributed by atoms with Crippen LogP contribution in [-0.4, -0.2) is 47.4 Å². The zero-order valence-corrected chi connectivity index (χ0v) is 12.1. The third-order valence-electron chi connectivity index (χ3n) is 3.02. The number of amides is 3. The summed E-state index contributed by atoms with van der Waals surface area (Å²) in [5, 5.41) is 13.6. The smallest absolute Gasteiger partial charge is 0.326 e. The van der Waals surface area contributed by atoms with Gasteiger partial charge in [-0.1, -0.05) is 20.3 Å². The first-order valence-electron chi connectivity index (χ1n) is 6.53. The lowest BCUT2D eigenvalue weighted by Crippen LogP contribution is -2.55. The molecule has 0 saturated carbocycles. The number of primary amides is 1. The summed E-state index contributed by atoms with van der Waals surface area (Å²) in [6.45, 7) is 3.26. The first kappa shape index (κ1) is 18.8. The number of hydrogen-bond donors (Lipinski definition) is 5. The molecule has 9 nitrogen and oxygen atoms in total. The number of carbonyl (C=O) groups is 4. The quantitative estimate of drug-likeness (QED) is 0.328. The van der Waals surface area contributed by atoms with E-state index >= 15 is 0 Å². The van der Waals surface area contributed by atoms with Crippen molar-refractivity contribution in [1.29, 1.82) is 0 Å². The molecule has 0 unspecified atom stereocenters. The largest absolute Gasteiger partial charge is 0.480 e. The van der Waals surface area contributed by atoms with E-state index in [0.29, 0.717) is 6.42 Å². The van der Waals surface area contributed by atoms with Crippen LogP contribution < -0.4 is 22.1 Å². The van der Waals surface area contributed by atoms with Crippen molar-refractivity contribution in [3.63, 3.8) is 0 Å². The van der Waals surface area contributed by atoms with Gasteiger partial charge in [-0.3, -0.25) is 14.4 Å². The van der Waals surface area contributed by atoms with Crippen LogP contribution in [0, 0.1) is 5.92 Å². The lowest BCUT2D eigenvalue weighted by molar-refractivity contribution is -0.144. The van der Waals surface area contributed by atoms with Gasteiger partial charge in [-0.05, 0) is 5.92 Å². The number of rotatable bonds is 9. The van der Waals surface area contributed by atoms with Gasteiger partial charge >= 0.3 is 5.97 Å². The van der Waals surface area contributed by atoms with Gasteiger partial charge in [0.1, 0.15) is 12.1 Å². The van der Waals surface area contributed by atoms with Gasteiger partial charge < -0.3 is 27.2 Å². The molecule has 7 N–H and O–H groups in total. The van der Waals surface area contributed by atoms with E-state index in [-0.39, 0.29) is 12.5 Å². The van der Waals surface area contributed by atoms with E-state index in [1.807, 2.05) is 6.92 Å². The maximum Gasteiger partial charge on any atom is 0.326 e. The van der Waals surface area contributed by atoms with Gasteiger partial charge in [0.05, 0.1) is 13.0 Å². The summed E-state index contributed by atoms with van der Waals surface area (Å²) in [6.07, 6.45) is 0.0512. The van der Waals surface area contributed by atoms with Crippen LogP contribution in [0.2, 0.25) is 0 Å². The molecule has 0 saturated heterocycles. The summed E-state index contributed by atoms with van der Waals surface area (Å²) in [4.78, 5) is 45.2. The first-order chi connectivity index (χ1) is 9.72. The van der Waals surface area contributed by atoms with Crippen molar-refractivity contribution in [2.75, 3.05) is 6.54 Å². The molecule has 0 aromatic carbocycles. The Labute approximate surface area is 122 Å². The van der Waals surface area contributed by atoms with Gasteiger partial charge in [0.2, 0.25) is 17.7 Å². The highest BCUT2D eigenvalue weighted by Crippen LogP contribution is 2.08. The van der Waals surface area contributed by atoms with E-state index in [1.54, 1.807) is 6.92 Å². The molecule has 0 aromatic heterocycles. The van der Waals surface area contributed by atoms with Crippen LogP contribution in [0.5, 0.6) is 0 Å².